The van der Waals surface area contributed by atoms with Crippen LogP contribution >= 0.6 is 15.9 Å². The van der Waals surface area contributed by atoms with Crippen molar-refractivity contribution < 1.29 is 9.47 Å². The van der Waals surface area contributed by atoms with Crippen molar-refractivity contribution in [3.8, 4) is 16.9 Å². The number of nitrogens with zero attached hydrogens (tertiary/aromatic N) is 2. The van der Waals surface area contributed by atoms with E-state index in [1.54, 1.807) is 7.11 Å². The molecule has 1 heterocycles. The van der Waals surface area contributed by atoms with Crippen LogP contribution < -0.4 is 4.74 Å². The minimum Gasteiger partial charge on any atom is -0.466 e. The predicted molar refractivity (Wildman–Crippen MR) is 82.7 cm³/mol. The summed E-state index contributed by atoms with van der Waals surface area (Å²) in [5, 5.41) is 4.39. The van der Waals surface area contributed by atoms with Gasteiger partial charge in [0, 0.05) is 25.4 Å². The fourth-order valence-corrected chi connectivity index (χ4v) is 2.26. The van der Waals surface area contributed by atoms with Crippen molar-refractivity contribution in [2.45, 2.75) is 20.4 Å². The lowest BCUT2D eigenvalue weighted by atomic mass is 10.1. The van der Waals surface area contributed by atoms with E-state index < -0.39 is 0 Å². The van der Waals surface area contributed by atoms with E-state index in [9.17, 15) is 0 Å². The number of hydrogen-bond acceptors (Lipinski definition) is 3. The monoisotopic (exact) mass is 338 g/mol. The molecule has 2 aromatic rings. The summed E-state index contributed by atoms with van der Waals surface area (Å²) in [4.78, 5) is 0. The summed E-state index contributed by atoms with van der Waals surface area (Å²) in [6.45, 7) is 5.51. The summed E-state index contributed by atoms with van der Waals surface area (Å²) < 4.78 is 13.3. The molecular weight excluding hydrogens is 320 g/mol. The van der Waals surface area contributed by atoms with Crippen molar-refractivity contribution in [3.05, 3.63) is 35.1 Å². The van der Waals surface area contributed by atoms with Crippen LogP contribution in [-0.4, -0.2) is 23.7 Å². The molecule has 0 saturated carbocycles. The topological polar surface area (TPSA) is 36.3 Å². The van der Waals surface area contributed by atoms with Crippen LogP contribution in [0.15, 0.2) is 35.1 Å². The largest absolute Gasteiger partial charge is 0.466 e. The fourth-order valence-electron chi connectivity index (χ4n) is 1.90. The highest BCUT2D eigenvalue weighted by molar-refractivity contribution is 9.10. The Balaban J connectivity index is 2.21. The van der Waals surface area contributed by atoms with Crippen molar-refractivity contribution >= 4 is 15.9 Å². The van der Waals surface area contributed by atoms with Crippen molar-refractivity contribution in [3.63, 3.8) is 0 Å². The summed E-state index contributed by atoms with van der Waals surface area (Å²) >= 11 is 3.47. The second-order valence-electron chi connectivity index (χ2n) is 5.04. The SMILES string of the molecule is COCOc1cc(-c2cnn(CC(C)C)c2)ccc1Br. The zero-order valence-corrected chi connectivity index (χ0v) is 13.6. The van der Waals surface area contributed by atoms with Crippen LogP contribution in [0.1, 0.15) is 13.8 Å². The molecule has 0 saturated heterocycles. The molecule has 0 bridgehead atoms. The third kappa shape index (κ3) is 3.84. The van der Waals surface area contributed by atoms with E-state index in [0.717, 1.165) is 27.9 Å². The lowest BCUT2D eigenvalue weighted by Crippen LogP contribution is -2.04. The molecule has 1 aromatic carbocycles. The third-order valence-electron chi connectivity index (χ3n) is 2.78. The van der Waals surface area contributed by atoms with Gasteiger partial charge in [0.2, 0.25) is 0 Å². The zero-order chi connectivity index (χ0) is 14.5. The summed E-state index contributed by atoms with van der Waals surface area (Å²) in [5.41, 5.74) is 2.16. The van der Waals surface area contributed by atoms with Crippen LogP contribution in [-0.2, 0) is 11.3 Å². The van der Waals surface area contributed by atoms with Gasteiger partial charge in [-0.25, -0.2) is 0 Å². The highest BCUT2D eigenvalue weighted by atomic mass is 79.9. The van der Waals surface area contributed by atoms with Gasteiger partial charge in [-0.05, 0) is 39.5 Å². The zero-order valence-electron chi connectivity index (χ0n) is 12.0. The first kappa shape index (κ1) is 15.1. The summed E-state index contributed by atoms with van der Waals surface area (Å²) in [7, 11) is 1.60. The maximum atomic E-state index is 5.52. The maximum Gasteiger partial charge on any atom is 0.188 e. The summed E-state index contributed by atoms with van der Waals surface area (Å²) in [5.74, 6) is 1.34. The first-order valence-corrected chi connectivity index (χ1v) is 7.33. The smallest absolute Gasteiger partial charge is 0.188 e. The average Bonchev–Trinajstić information content (AvgIpc) is 2.85. The van der Waals surface area contributed by atoms with Crippen LogP contribution in [0.5, 0.6) is 5.75 Å². The Morgan fingerprint density at radius 1 is 1.30 bits per heavy atom. The molecule has 0 aliphatic heterocycles. The second kappa shape index (κ2) is 6.90. The van der Waals surface area contributed by atoms with E-state index in [1.807, 2.05) is 29.1 Å². The van der Waals surface area contributed by atoms with E-state index >= 15 is 0 Å². The Morgan fingerprint density at radius 2 is 2.10 bits per heavy atom. The number of aromatic nitrogens is 2. The van der Waals surface area contributed by atoms with Crippen molar-refractivity contribution in [2.24, 2.45) is 5.92 Å². The van der Waals surface area contributed by atoms with Gasteiger partial charge >= 0.3 is 0 Å². The number of halogens is 1. The molecule has 0 atom stereocenters. The molecule has 0 unspecified atom stereocenters. The molecule has 0 spiro atoms. The van der Waals surface area contributed by atoms with Gasteiger partial charge in [-0.15, -0.1) is 0 Å². The molecule has 0 amide bonds. The minimum atomic E-state index is 0.231. The molecule has 4 nitrogen and oxygen atoms in total. The van der Waals surface area contributed by atoms with Gasteiger partial charge in [-0.3, -0.25) is 4.68 Å². The summed E-state index contributed by atoms with van der Waals surface area (Å²) in [6.07, 6.45) is 3.94. The number of ether oxygens (including phenoxy) is 2. The minimum absolute atomic E-state index is 0.231. The molecule has 0 fully saturated rings. The molecule has 108 valence electrons. The molecule has 20 heavy (non-hydrogen) atoms. The highest BCUT2D eigenvalue weighted by Gasteiger charge is 2.07. The van der Waals surface area contributed by atoms with Crippen molar-refractivity contribution in [2.75, 3.05) is 13.9 Å². The molecule has 0 radical (unpaired) electrons. The van der Waals surface area contributed by atoms with Crippen molar-refractivity contribution in [1.29, 1.82) is 0 Å². The van der Waals surface area contributed by atoms with E-state index in [1.165, 1.54) is 0 Å². The van der Waals surface area contributed by atoms with Gasteiger partial charge < -0.3 is 9.47 Å². The maximum absolute atomic E-state index is 5.52. The number of rotatable bonds is 6. The van der Waals surface area contributed by atoms with Gasteiger partial charge in [-0.2, -0.15) is 5.10 Å². The lowest BCUT2D eigenvalue weighted by Gasteiger charge is -2.08. The predicted octanol–water partition coefficient (Wildman–Crippen LogP) is 3.95. The Kier molecular flexibility index (Phi) is 5.20. The van der Waals surface area contributed by atoms with Crippen molar-refractivity contribution in [1.82, 2.24) is 9.78 Å². The fraction of sp³-hybridized carbons (Fsp3) is 0.400. The first-order chi connectivity index (χ1) is 9.60. The molecule has 2 rings (SSSR count). The number of methoxy groups -OCH3 is 1. The van der Waals surface area contributed by atoms with Gasteiger partial charge in [0.15, 0.2) is 6.79 Å². The average molecular weight is 339 g/mol. The van der Waals surface area contributed by atoms with Crippen LogP contribution in [0.25, 0.3) is 11.1 Å². The quantitative estimate of drug-likeness (QED) is 0.748. The molecular formula is C15H19BrN2O2. The molecule has 0 aliphatic carbocycles. The molecule has 1 aromatic heterocycles. The normalized spacial score (nSPS) is 11.1. The van der Waals surface area contributed by atoms with Gasteiger partial charge in [0.05, 0.1) is 10.7 Å². The number of benzene rings is 1. The Morgan fingerprint density at radius 3 is 2.80 bits per heavy atom. The van der Waals surface area contributed by atoms with Crippen LogP contribution in [0, 0.1) is 5.92 Å². The molecule has 0 aliphatic rings. The standard InChI is InChI=1S/C15H19BrN2O2/c1-11(2)8-18-9-13(7-17-18)12-4-5-14(16)15(6-12)20-10-19-3/h4-7,9,11H,8,10H2,1-3H3. The van der Waals surface area contributed by atoms with Gasteiger partial charge in [-0.1, -0.05) is 19.9 Å². The van der Waals surface area contributed by atoms with Crippen LogP contribution in [0.4, 0.5) is 0 Å². The van der Waals surface area contributed by atoms with Crippen LogP contribution in [0.2, 0.25) is 0 Å². The Hall–Kier alpha value is -1.33. The number of hydrogen-bond donors (Lipinski definition) is 0. The van der Waals surface area contributed by atoms with E-state index in [-0.39, 0.29) is 6.79 Å². The molecule has 5 heteroatoms. The lowest BCUT2D eigenvalue weighted by molar-refractivity contribution is 0.0506. The van der Waals surface area contributed by atoms with Gasteiger partial charge in [0.1, 0.15) is 5.75 Å². The second-order valence-corrected chi connectivity index (χ2v) is 5.90. The third-order valence-corrected chi connectivity index (χ3v) is 3.44. The summed E-state index contributed by atoms with van der Waals surface area (Å²) in [6, 6.07) is 6.00. The van der Waals surface area contributed by atoms with E-state index in [4.69, 9.17) is 9.47 Å². The van der Waals surface area contributed by atoms with Crippen LogP contribution in [0.3, 0.4) is 0 Å². The van der Waals surface area contributed by atoms with E-state index in [0.29, 0.717) is 5.92 Å². The molecule has 0 N–H and O–H groups in total. The van der Waals surface area contributed by atoms with Gasteiger partial charge in [0.25, 0.3) is 0 Å². The first-order valence-electron chi connectivity index (χ1n) is 6.54. The highest BCUT2D eigenvalue weighted by Crippen LogP contribution is 2.30. The Bertz CT molecular complexity index is 567. The van der Waals surface area contributed by atoms with E-state index in [2.05, 4.69) is 41.1 Å². The Labute approximate surface area is 127 Å².